The zero-order chi connectivity index (χ0) is 32.7. The van der Waals surface area contributed by atoms with Crippen LogP contribution < -0.4 is 20.2 Å². The van der Waals surface area contributed by atoms with Gasteiger partial charge in [0.25, 0.3) is 11.5 Å². The average Bonchev–Trinajstić information content (AvgIpc) is 3.80. The van der Waals surface area contributed by atoms with Crippen LogP contribution in [0.2, 0.25) is 0 Å². The van der Waals surface area contributed by atoms with Gasteiger partial charge in [-0.15, -0.1) is 0 Å². The topological polar surface area (TPSA) is 88.7 Å². The summed E-state index contributed by atoms with van der Waals surface area (Å²) < 4.78 is 4.15. The molecule has 2 amide bonds. The van der Waals surface area contributed by atoms with Crippen LogP contribution in [0.4, 0.5) is 5.69 Å². The van der Waals surface area contributed by atoms with Gasteiger partial charge in [0.2, 0.25) is 5.91 Å². The third kappa shape index (κ3) is 5.87. The molecule has 3 aromatic carbocycles. The van der Waals surface area contributed by atoms with E-state index in [-0.39, 0.29) is 23.9 Å². The number of nitrogens with zero attached hydrogens (tertiary/aromatic N) is 4. The van der Waals surface area contributed by atoms with Crippen LogP contribution in [0.3, 0.4) is 0 Å². The first kappa shape index (κ1) is 30.6. The van der Waals surface area contributed by atoms with E-state index in [0.717, 1.165) is 48.0 Å². The van der Waals surface area contributed by atoms with Crippen molar-refractivity contribution >= 4 is 45.8 Å². The van der Waals surface area contributed by atoms with Crippen molar-refractivity contribution in [1.82, 2.24) is 14.0 Å². The van der Waals surface area contributed by atoms with E-state index in [2.05, 4.69) is 31.3 Å². The Morgan fingerprint density at radius 2 is 1.68 bits per heavy atom. The van der Waals surface area contributed by atoms with E-state index in [4.69, 9.17) is 4.99 Å². The van der Waals surface area contributed by atoms with Crippen LogP contribution in [0.15, 0.2) is 106 Å². The van der Waals surface area contributed by atoms with Gasteiger partial charge in [-0.3, -0.25) is 19.0 Å². The number of aromatic nitrogens is 2. The average molecular weight is 644 g/mol. The van der Waals surface area contributed by atoms with E-state index in [1.807, 2.05) is 95.4 Å². The summed E-state index contributed by atoms with van der Waals surface area (Å²) in [4.78, 5) is 48.6. The number of carbonyl (C=O) groups excluding carboxylic acids is 2. The van der Waals surface area contributed by atoms with Crippen molar-refractivity contribution in [2.24, 2.45) is 4.99 Å². The summed E-state index contributed by atoms with van der Waals surface area (Å²) in [5.41, 5.74) is 5.28. The number of thiazole rings is 1. The molecule has 1 saturated heterocycles. The molecule has 4 heterocycles. The molecule has 1 atom stereocenters. The van der Waals surface area contributed by atoms with Gasteiger partial charge in [0, 0.05) is 41.4 Å². The Bertz CT molecular complexity index is 2200. The number of fused-ring (bicyclic) bond motifs is 2. The van der Waals surface area contributed by atoms with Gasteiger partial charge in [0.1, 0.15) is 6.54 Å². The zero-order valence-corrected chi connectivity index (χ0v) is 27.6. The largest absolute Gasteiger partial charge is 0.341 e. The number of likely N-dealkylation sites (tertiary alicyclic amines) is 1. The van der Waals surface area contributed by atoms with Crippen LogP contribution in [0, 0.1) is 0 Å². The van der Waals surface area contributed by atoms with Crippen molar-refractivity contribution < 1.29 is 9.59 Å². The van der Waals surface area contributed by atoms with Crippen molar-refractivity contribution in [3.05, 3.63) is 133 Å². The Morgan fingerprint density at radius 1 is 0.979 bits per heavy atom. The highest BCUT2D eigenvalue weighted by atomic mass is 32.1. The summed E-state index contributed by atoms with van der Waals surface area (Å²) in [6.45, 7) is 7.97. The van der Waals surface area contributed by atoms with Gasteiger partial charge in [0.05, 0.1) is 21.8 Å². The fraction of sp³-hybridized carbons (Fsp3) is 0.263. The number of allylic oxidation sites excluding steroid dienone is 1. The molecule has 8 nitrogen and oxygen atoms in total. The molecule has 1 N–H and O–H groups in total. The van der Waals surface area contributed by atoms with E-state index >= 15 is 0 Å². The minimum atomic E-state index is -0.655. The number of hydrogen-bond donors (Lipinski definition) is 1. The summed E-state index contributed by atoms with van der Waals surface area (Å²) in [6, 6.07) is 24.8. The molecule has 238 valence electrons. The molecule has 0 radical (unpaired) electrons. The maximum Gasteiger partial charge on any atom is 0.271 e. The van der Waals surface area contributed by atoms with Crippen molar-refractivity contribution in [3.8, 4) is 0 Å². The van der Waals surface area contributed by atoms with Crippen molar-refractivity contribution in [2.75, 3.05) is 18.4 Å². The first-order valence-corrected chi connectivity index (χ1v) is 16.9. The number of carbonyl (C=O) groups is 2. The van der Waals surface area contributed by atoms with Gasteiger partial charge in [-0.2, -0.15) is 0 Å². The van der Waals surface area contributed by atoms with Crippen LogP contribution >= 0.6 is 11.3 Å². The van der Waals surface area contributed by atoms with Crippen molar-refractivity contribution in [1.29, 1.82) is 0 Å². The fourth-order valence-electron chi connectivity index (χ4n) is 6.58. The van der Waals surface area contributed by atoms with Gasteiger partial charge in [-0.1, -0.05) is 85.8 Å². The number of anilines is 1. The van der Waals surface area contributed by atoms with Crippen LogP contribution in [-0.4, -0.2) is 38.9 Å². The zero-order valence-electron chi connectivity index (χ0n) is 26.8. The SMILES string of the molecule is CC1=C(C(=O)Nc2ccccc2)[C@@H](c2ccc(C(C)C)cc2)n2c(s/c(=C/c3cn(CC(=O)N4CCCC4)c4ccccc34)c2=O)=N1. The summed E-state index contributed by atoms with van der Waals surface area (Å²) >= 11 is 1.31. The predicted molar refractivity (Wildman–Crippen MR) is 187 cm³/mol. The highest BCUT2D eigenvalue weighted by Crippen LogP contribution is 2.32. The number of benzene rings is 3. The van der Waals surface area contributed by atoms with E-state index < -0.39 is 6.04 Å². The molecule has 0 spiro atoms. The number of amides is 2. The lowest BCUT2D eigenvalue weighted by atomic mass is 9.93. The smallest absolute Gasteiger partial charge is 0.271 e. The number of para-hydroxylation sites is 2. The Morgan fingerprint density at radius 3 is 2.40 bits per heavy atom. The molecular formula is C38H37N5O3S. The molecule has 7 rings (SSSR count). The van der Waals surface area contributed by atoms with Crippen molar-refractivity contribution in [3.63, 3.8) is 0 Å². The van der Waals surface area contributed by atoms with E-state index in [1.165, 1.54) is 16.9 Å². The molecule has 1 fully saturated rings. The van der Waals surface area contributed by atoms with Crippen molar-refractivity contribution in [2.45, 2.75) is 52.1 Å². The van der Waals surface area contributed by atoms with Gasteiger partial charge in [0.15, 0.2) is 4.80 Å². The van der Waals surface area contributed by atoms with E-state index in [9.17, 15) is 14.4 Å². The third-order valence-corrected chi connectivity index (χ3v) is 10.1. The van der Waals surface area contributed by atoms with Crippen LogP contribution in [0.1, 0.15) is 62.3 Å². The molecule has 2 aliphatic heterocycles. The minimum absolute atomic E-state index is 0.106. The molecule has 5 aromatic rings. The molecule has 0 aliphatic carbocycles. The number of hydrogen-bond acceptors (Lipinski definition) is 5. The third-order valence-electron chi connectivity index (χ3n) is 9.09. The Hall–Kier alpha value is -5.02. The van der Waals surface area contributed by atoms with Gasteiger partial charge in [-0.05, 0) is 61.1 Å². The molecule has 0 bridgehead atoms. The number of rotatable bonds is 7. The Balaban J connectivity index is 1.33. The van der Waals surface area contributed by atoms with Gasteiger partial charge < -0.3 is 14.8 Å². The molecular weight excluding hydrogens is 607 g/mol. The second kappa shape index (κ2) is 12.6. The minimum Gasteiger partial charge on any atom is -0.341 e. The van der Waals surface area contributed by atoms with Gasteiger partial charge >= 0.3 is 0 Å². The maximum absolute atomic E-state index is 14.4. The molecule has 2 aromatic heterocycles. The Labute approximate surface area is 277 Å². The monoisotopic (exact) mass is 643 g/mol. The molecule has 0 saturated carbocycles. The maximum atomic E-state index is 14.4. The lowest BCUT2D eigenvalue weighted by Crippen LogP contribution is -2.40. The second-order valence-corrected chi connectivity index (χ2v) is 13.5. The first-order chi connectivity index (χ1) is 22.8. The highest BCUT2D eigenvalue weighted by Gasteiger charge is 2.32. The van der Waals surface area contributed by atoms with E-state index in [1.54, 1.807) is 4.57 Å². The van der Waals surface area contributed by atoms with Gasteiger partial charge in [-0.25, -0.2) is 4.99 Å². The predicted octanol–water partition coefficient (Wildman–Crippen LogP) is 5.57. The van der Waals surface area contributed by atoms with Crippen LogP contribution in [-0.2, 0) is 16.1 Å². The van der Waals surface area contributed by atoms with E-state index in [0.29, 0.717) is 32.2 Å². The normalized spacial score (nSPS) is 16.6. The molecule has 0 unspecified atom stereocenters. The molecule has 9 heteroatoms. The standard InChI is InChI=1S/C38H37N5O3S/c1-24(2)26-15-17-27(18-16-26)35-34(36(45)40-29-11-5-4-6-12-29)25(3)39-38-43(35)37(46)32(47-38)21-28-22-42(31-14-8-7-13-30(28)31)23-33(44)41-19-9-10-20-41/h4-8,11-18,21-22,24,35H,9-10,19-20,23H2,1-3H3,(H,40,45)/b32-21+/t35-/m1/s1. The quantitative estimate of drug-likeness (QED) is 0.252. The summed E-state index contributed by atoms with van der Waals surface area (Å²) in [5.74, 6) is 0.154. The Kier molecular flexibility index (Phi) is 8.24. The first-order valence-electron chi connectivity index (χ1n) is 16.1. The second-order valence-electron chi connectivity index (χ2n) is 12.5. The fourth-order valence-corrected chi connectivity index (χ4v) is 7.62. The molecule has 47 heavy (non-hydrogen) atoms. The lowest BCUT2D eigenvalue weighted by Gasteiger charge is -2.25. The summed E-state index contributed by atoms with van der Waals surface area (Å²) in [7, 11) is 0. The van der Waals surface area contributed by atoms with Crippen LogP contribution in [0.25, 0.3) is 17.0 Å². The summed E-state index contributed by atoms with van der Waals surface area (Å²) in [6.07, 6.45) is 5.94. The van der Waals surface area contributed by atoms with Crippen LogP contribution in [0.5, 0.6) is 0 Å². The summed E-state index contributed by atoms with van der Waals surface area (Å²) in [5, 5.41) is 3.98. The number of nitrogens with one attached hydrogen (secondary N) is 1. The molecule has 2 aliphatic rings. The lowest BCUT2D eigenvalue weighted by molar-refractivity contribution is -0.130. The highest BCUT2D eigenvalue weighted by molar-refractivity contribution is 7.07.